The predicted octanol–water partition coefficient (Wildman–Crippen LogP) is 1.62. The third-order valence-corrected chi connectivity index (χ3v) is 2.45. The Hall–Kier alpha value is -1.39. The zero-order valence-corrected chi connectivity index (χ0v) is 10.6. The van der Waals surface area contributed by atoms with Crippen molar-refractivity contribution in [3.63, 3.8) is 0 Å². The number of nitrogens with zero attached hydrogens (tertiary/aromatic N) is 1. The monoisotopic (exact) mass is 237 g/mol. The molecule has 17 heavy (non-hydrogen) atoms. The highest BCUT2D eigenvalue weighted by Crippen LogP contribution is 2.13. The van der Waals surface area contributed by atoms with Crippen LogP contribution in [-0.4, -0.2) is 39.9 Å². The molecule has 1 aromatic rings. The number of amides is 1. The van der Waals surface area contributed by atoms with E-state index in [1.807, 2.05) is 31.2 Å². The van der Waals surface area contributed by atoms with Crippen molar-refractivity contribution in [2.45, 2.75) is 6.92 Å². The van der Waals surface area contributed by atoms with E-state index in [-0.39, 0.29) is 12.5 Å². The van der Waals surface area contributed by atoms with Gasteiger partial charge < -0.3 is 14.4 Å². The average molecular weight is 237 g/mol. The van der Waals surface area contributed by atoms with Crippen LogP contribution in [0.2, 0.25) is 0 Å². The van der Waals surface area contributed by atoms with Gasteiger partial charge in [-0.25, -0.2) is 0 Å². The molecule has 4 heteroatoms. The number of hydrogen-bond donors (Lipinski definition) is 0. The summed E-state index contributed by atoms with van der Waals surface area (Å²) >= 11 is 0. The molecule has 0 aromatic heterocycles. The van der Waals surface area contributed by atoms with E-state index in [4.69, 9.17) is 9.47 Å². The molecular weight excluding hydrogens is 218 g/mol. The van der Waals surface area contributed by atoms with Gasteiger partial charge in [0.2, 0.25) is 0 Å². The molecule has 94 valence electrons. The summed E-state index contributed by atoms with van der Waals surface area (Å²) in [4.78, 5) is 13.3. The Balaban J connectivity index is 2.43. The zero-order chi connectivity index (χ0) is 12.7. The van der Waals surface area contributed by atoms with E-state index in [2.05, 4.69) is 0 Å². The number of carbonyl (C=O) groups is 1. The van der Waals surface area contributed by atoms with Gasteiger partial charge >= 0.3 is 0 Å². The van der Waals surface area contributed by atoms with Gasteiger partial charge in [0.05, 0.1) is 13.2 Å². The Labute approximate surface area is 102 Å². The van der Waals surface area contributed by atoms with Crippen molar-refractivity contribution in [1.82, 2.24) is 0 Å². The molecule has 0 bridgehead atoms. The molecule has 1 rings (SSSR count). The van der Waals surface area contributed by atoms with Gasteiger partial charge in [0, 0.05) is 19.8 Å². The van der Waals surface area contributed by atoms with Crippen LogP contribution in [0.15, 0.2) is 24.3 Å². The third-order valence-electron chi connectivity index (χ3n) is 2.45. The summed E-state index contributed by atoms with van der Waals surface area (Å²) in [5, 5.41) is 0. The van der Waals surface area contributed by atoms with Crippen molar-refractivity contribution >= 4 is 11.6 Å². The minimum atomic E-state index is -0.0649. The predicted molar refractivity (Wildman–Crippen MR) is 67.3 cm³/mol. The molecule has 1 amide bonds. The number of ether oxygens (including phenoxy) is 2. The minimum absolute atomic E-state index is 0.0649. The summed E-state index contributed by atoms with van der Waals surface area (Å²) in [5.74, 6) is -0.0649. The van der Waals surface area contributed by atoms with E-state index in [1.54, 1.807) is 19.1 Å². The molecule has 0 saturated heterocycles. The fourth-order valence-corrected chi connectivity index (χ4v) is 1.31. The number of hydrogen-bond acceptors (Lipinski definition) is 3. The molecule has 0 aliphatic rings. The Bertz CT molecular complexity index is 348. The van der Waals surface area contributed by atoms with Crippen LogP contribution in [0.3, 0.4) is 0 Å². The fraction of sp³-hybridized carbons (Fsp3) is 0.462. The van der Waals surface area contributed by atoms with E-state index in [1.165, 1.54) is 5.56 Å². The molecule has 0 aliphatic heterocycles. The summed E-state index contributed by atoms with van der Waals surface area (Å²) < 4.78 is 10.0. The smallest absolute Gasteiger partial charge is 0.252 e. The quantitative estimate of drug-likeness (QED) is 0.706. The summed E-state index contributed by atoms with van der Waals surface area (Å²) in [7, 11) is 3.34. The second-order valence-corrected chi connectivity index (χ2v) is 3.83. The lowest BCUT2D eigenvalue weighted by atomic mass is 10.2. The maximum atomic E-state index is 11.8. The Kier molecular flexibility index (Phi) is 5.66. The lowest BCUT2D eigenvalue weighted by molar-refractivity contribution is -0.123. The molecule has 0 spiro atoms. The van der Waals surface area contributed by atoms with Gasteiger partial charge in [0.25, 0.3) is 5.91 Å². The standard InChI is InChI=1S/C13H19NO3/c1-11-4-6-12(7-5-11)14(2)13(15)10-17-9-8-16-3/h4-7H,8-10H2,1-3H3. The Morgan fingerprint density at radius 1 is 1.24 bits per heavy atom. The van der Waals surface area contributed by atoms with E-state index in [9.17, 15) is 4.79 Å². The SMILES string of the molecule is COCCOCC(=O)N(C)c1ccc(C)cc1. The van der Waals surface area contributed by atoms with Gasteiger partial charge in [0.15, 0.2) is 0 Å². The van der Waals surface area contributed by atoms with Crippen LogP contribution in [-0.2, 0) is 14.3 Å². The molecule has 0 atom stereocenters. The summed E-state index contributed by atoms with van der Waals surface area (Å²) in [6.07, 6.45) is 0. The van der Waals surface area contributed by atoms with Gasteiger partial charge in [-0.05, 0) is 19.1 Å². The molecule has 0 saturated carbocycles. The number of carbonyl (C=O) groups excluding carboxylic acids is 1. The van der Waals surface area contributed by atoms with Crippen LogP contribution in [0, 0.1) is 6.92 Å². The summed E-state index contributed by atoms with van der Waals surface area (Å²) in [5.41, 5.74) is 2.04. The fourth-order valence-electron chi connectivity index (χ4n) is 1.31. The van der Waals surface area contributed by atoms with Crippen LogP contribution in [0.25, 0.3) is 0 Å². The molecular formula is C13H19NO3. The van der Waals surface area contributed by atoms with Gasteiger partial charge in [-0.2, -0.15) is 0 Å². The molecule has 0 unspecified atom stereocenters. The normalized spacial score (nSPS) is 10.3. The van der Waals surface area contributed by atoms with Crippen LogP contribution in [0.1, 0.15) is 5.56 Å². The van der Waals surface area contributed by atoms with Crippen molar-refractivity contribution in [3.05, 3.63) is 29.8 Å². The number of methoxy groups -OCH3 is 1. The first-order chi connectivity index (χ1) is 8.15. The maximum absolute atomic E-state index is 11.8. The van der Waals surface area contributed by atoms with E-state index >= 15 is 0 Å². The largest absolute Gasteiger partial charge is 0.382 e. The molecule has 0 heterocycles. The van der Waals surface area contributed by atoms with E-state index in [0.29, 0.717) is 13.2 Å². The van der Waals surface area contributed by atoms with Crippen molar-refractivity contribution in [1.29, 1.82) is 0 Å². The first-order valence-electron chi connectivity index (χ1n) is 5.55. The van der Waals surface area contributed by atoms with Crippen LogP contribution in [0.5, 0.6) is 0 Å². The van der Waals surface area contributed by atoms with E-state index < -0.39 is 0 Å². The number of likely N-dealkylation sites (N-methyl/N-ethyl adjacent to an activating group) is 1. The lowest BCUT2D eigenvalue weighted by Gasteiger charge is -2.17. The Morgan fingerprint density at radius 2 is 1.88 bits per heavy atom. The molecule has 0 radical (unpaired) electrons. The number of anilines is 1. The van der Waals surface area contributed by atoms with Gasteiger partial charge in [-0.3, -0.25) is 4.79 Å². The average Bonchev–Trinajstić information content (AvgIpc) is 2.34. The van der Waals surface area contributed by atoms with Gasteiger partial charge in [-0.1, -0.05) is 17.7 Å². The van der Waals surface area contributed by atoms with Gasteiger partial charge in [0.1, 0.15) is 6.61 Å². The molecule has 0 fully saturated rings. The topological polar surface area (TPSA) is 38.8 Å². The molecule has 0 aliphatic carbocycles. The second-order valence-electron chi connectivity index (χ2n) is 3.83. The Morgan fingerprint density at radius 3 is 2.47 bits per heavy atom. The van der Waals surface area contributed by atoms with Crippen molar-refractivity contribution in [2.24, 2.45) is 0 Å². The van der Waals surface area contributed by atoms with E-state index in [0.717, 1.165) is 5.69 Å². The van der Waals surface area contributed by atoms with Crippen molar-refractivity contribution in [3.8, 4) is 0 Å². The lowest BCUT2D eigenvalue weighted by Crippen LogP contribution is -2.30. The number of rotatable bonds is 6. The molecule has 4 nitrogen and oxygen atoms in total. The highest BCUT2D eigenvalue weighted by molar-refractivity contribution is 5.93. The highest BCUT2D eigenvalue weighted by Gasteiger charge is 2.10. The van der Waals surface area contributed by atoms with Crippen LogP contribution >= 0.6 is 0 Å². The van der Waals surface area contributed by atoms with Crippen molar-refractivity contribution in [2.75, 3.05) is 38.9 Å². The number of benzene rings is 1. The first-order valence-corrected chi connectivity index (χ1v) is 5.55. The first kappa shape index (κ1) is 13.7. The molecule has 1 aromatic carbocycles. The minimum Gasteiger partial charge on any atom is -0.382 e. The second kappa shape index (κ2) is 7.04. The summed E-state index contributed by atoms with van der Waals surface area (Å²) in [6.45, 7) is 3.03. The van der Waals surface area contributed by atoms with Crippen molar-refractivity contribution < 1.29 is 14.3 Å². The summed E-state index contributed by atoms with van der Waals surface area (Å²) in [6, 6.07) is 7.79. The van der Waals surface area contributed by atoms with Crippen LogP contribution in [0.4, 0.5) is 5.69 Å². The zero-order valence-electron chi connectivity index (χ0n) is 10.6. The maximum Gasteiger partial charge on any atom is 0.252 e. The molecule has 0 N–H and O–H groups in total. The van der Waals surface area contributed by atoms with Crippen LogP contribution < -0.4 is 4.90 Å². The number of aryl methyl sites for hydroxylation is 1. The highest BCUT2D eigenvalue weighted by atomic mass is 16.5. The third kappa shape index (κ3) is 4.54. The van der Waals surface area contributed by atoms with Gasteiger partial charge in [-0.15, -0.1) is 0 Å².